The van der Waals surface area contributed by atoms with Crippen molar-refractivity contribution >= 4 is 31.9 Å². The fourth-order valence-electron chi connectivity index (χ4n) is 0.791. The average molecular weight is 301 g/mol. The Morgan fingerprint density at radius 2 is 1.92 bits per heavy atom. The molecule has 0 saturated carbocycles. The molecule has 0 atom stereocenters. The average Bonchev–Trinajstić information content (AvgIpc) is 2.01. The Kier molecular flexibility index (Phi) is 3.20. The number of hydrogen-bond donors (Lipinski definition) is 1. The van der Waals surface area contributed by atoms with Crippen LogP contribution in [0.25, 0.3) is 0 Å². The number of nitrogens with two attached hydrogens (primary N) is 1. The Morgan fingerprint density at radius 1 is 1.33 bits per heavy atom. The van der Waals surface area contributed by atoms with Crippen LogP contribution in [0.2, 0.25) is 0 Å². The quantitative estimate of drug-likeness (QED) is 0.626. The van der Waals surface area contributed by atoms with Crippen LogP contribution in [0.4, 0.5) is 8.78 Å². The lowest BCUT2D eigenvalue weighted by molar-refractivity contribution is 0.551. The lowest BCUT2D eigenvalue weighted by atomic mass is 10.2. The minimum absolute atomic E-state index is 0.106. The molecule has 0 heterocycles. The van der Waals surface area contributed by atoms with Crippen molar-refractivity contribution < 1.29 is 8.78 Å². The summed E-state index contributed by atoms with van der Waals surface area (Å²) in [7, 11) is 0. The lowest BCUT2D eigenvalue weighted by Gasteiger charge is -2.05. The van der Waals surface area contributed by atoms with Gasteiger partial charge in [-0.1, -0.05) is 0 Å². The SMILES string of the molecule is NCc1c(F)cc(Br)c(Br)c1F. The van der Waals surface area contributed by atoms with Gasteiger partial charge in [0.2, 0.25) is 0 Å². The molecule has 1 aromatic rings. The van der Waals surface area contributed by atoms with Crippen LogP contribution in [0.15, 0.2) is 15.0 Å². The van der Waals surface area contributed by atoms with Crippen molar-refractivity contribution in [2.75, 3.05) is 0 Å². The fourth-order valence-corrected chi connectivity index (χ4v) is 1.52. The van der Waals surface area contributed by atoms with Gasteiger partial charge in [-0.3, -0.25) is 0 Å². The van der Waals surface area contributed by atoms with E-state index in [1.807, 2.05) is 0 Å². The highest BCUT2D eigenvalue weighted by atomic mass is 79.9. The van der Waals surface area contributed by atoms with E-state index in [2.05, 4.69) is 31.9 Å². The van der Waals surface area contributed by atoms with E-state index in [0.717, 1.165) is 0 Å². The van der Waals surface area contributed by atoms with Gasteiger partial charge < -0.3 is 5.73 Å². The summed E-state index contributed by atoms with van der Waals surface area (Å²) in [5.74, 6) is -1.28. The second kappa shape index (κ2) is 3.81. The Morgan fingerprint density at radius 3 is 2.42 bits per heavy atom. The number of rotatable bonds is 1. The smallest absolute Gasteiger partial charge is 0.145 e. The van der Waals surface area contributed by atoms with Gasteiger partial charge in [0.1, 0.15) is 11.6 Å². The van der Waals surface area contributed by atoms with Gasteiger partial charge in [0.25, 0.3) is 0 Å². The van der Waals surface area contributed by atoms with Gasteiger partial charge in [-0.05, 0) is 37.9 Å². The normalized spacial score (nSPS) is 10.4. The minimum Gasteiger partial charge on any atom is -0.326 e. The van der Waals surface area contributed by atoms with Crippen molar-refractivity contribution in [2.45, 2.75) is 6.54 Å². The summed E-state index contributed by atoms with van der Waals surface area (Å²) in [4.78, 5) is 0. The molecule has 0 aliphatic carbocycles. The zero-order valence-corrected chi connectivity index (χ0v) is 9.05. The summed E-state index contributed by atoms with van der Waals surface area (Å²) < 4.78 is 26.6. The highest BCUT2D eigenvalue weighted by molar-refractivity contribution is 9.13. The van der Waals surface area contributed by atoms with Crippen molar-refractivity contribution in [1.82, 2.24) is 0 Å². The monoisotopic (exact) mass is 299 g/mol. The second-order valence-corrected chi connectivity index (χ2v) is 3.80. The fraction of sp³-hybridized carbons (Fsp3) is 0.143. The predicted octanol–water partition coefficient (Wildman–Crippen LogP) is 2.95. The Bertz CT molecular complexity index is 315. The van der Waals surface area contributed by atoms with Crippen LogP contribution >= 0.6 is 31.9 Å². The van der Waals surface area contributed by atoms with Crippen molar-refractivity contribution in [3.63, 3.8) is 0 Å². The third-order valence-corrected chi connectivity index (χ3v) is 3.35. The van der Waals surface area contributed by atoms with Gasteiger partial charge in [-0.15, -0.1) is 0 Å². The third-order valence-electron chi connectivity index (χ3n) is 1.41. The van der Waals surface area contributed by atoms with Crippen LogP contribution in [0.3, 0.4) is 0 Å². The van der Waals surface area contributed by atoms with Gasteiger partial charge >= 0.3 is 0 Å². The standard InChI is InChI=1S/C7H5Br2F2N/c8-4-1-5(10)3(2-12)7(11)6(4)9/h1H,2,12H2. The van der Waals surface area contributed by atoms with E-state index in [1.165, 1.54) is 6.07 Å². The van der Waals surface area contributed by atoms with E-state index in [4.69, 9.17) is 5.73 Å². The summed E-state index contributed by atoms with van der Waals surface area (Å²) in [5, 5.41) is 0. The highest BCUT2D eigenvalue weighted by Crippen LogP contribution is 2.29. The Balaban J connectivity index is 3.40. The zero-order valence-electron chi connectivity index (χ0n) is 5.87. The van der Waals surface area contributed by atoms with Crippen molar-refractivity contribution in [3.05, 3.63) is 32.2 Å². The first kappa shape index (κ1) is 10.1. The van der Waals surface area contributed by atoms with Crippen LogP contribution in [-0.2, 0) is 6.54 Å². The van der Waals surface area contributed by atoms with Crippen LogP contribution in [0.1, 0.15) is 5.56 Å². The largest absolute Gasteiger partial charge is 0.326 e. The molecule has 0 radical (unpaired) electrons. The molecule has 1 rings (SSSR count). The van der Waals surface area contributed by atoms with E-state index < -0.39 is 11.6 Å². The first-order chi connectivity index (χ1) is 5.57. The third kappa shape index (κ3) is 1.67. The first-order valence-corrected chi connectivity index (χ1v) is 4.68. The number of halogens is 4. The molecule has 0 fully saturated rings. The molecular formula is C7H5Br2F2N. The van der Waals surface area contributed by atoms with Gasteiger partial charge in [0.15, 0.2) is 0 Å². The molecule has 0 spiro atoms. The van der Waals surface area contributed by atoms with E-state index in [1.54, 1.807) is 0 Å². The van der Waals surface area contributed by atoms with E-state index >= 15 is 0 Å². The van der Waals surface area contributed by atoms with Crippen molar-refractivity contribution in [2.24, 2.45) is 5.73 Å². The first-order valence-electron chi connectivity index (χ1n) is 3.10. The second-order valence-electron chi connectivity index (χ2n) is 2.15. The summed E-state index contributed by atoms with van der Waals surface area (Å²) in [6.45, 7) is -0.149. The van der Waals surface area contributed by atoms with Crippen molar-refractivity contribution in [3.8, 4) is 0 Å². The van der Waals surface area contributed by atoms with Gasteiger partial charge in [0.05, 0.1) is 4.47 Å². The lowest BCUT2D eigenvalue weighted by Crippen LogP contribution is -2.04. The summed E-state index contributed by atoms with van der Waals surface area (Å²) in [5.41, 5.74) is 5.05. The van der Waals surface area contributed by atoms with Gasteiger partial charge in [-0.25, -0.2) is 8.78 Å². The zero-order chi connectivity index (χ0) is 9.30. The molecule has 12 heavy (non-hydrogen) atoms. The molecule has 0 saturated heterocycles. The van der Waals surface area contributed by atoms with Crippen LogP contribution < -0.4 is 5.73 Å². The number of benzene rings is 1. The maximum absolute atomic E-state index is 13.1. The van der Waals surface area contributed by atoms with Crippen molar-refractivity contribution in [1.29, 1.82) is 0 Å². The summed E-state index contributed by atoms with van der Waals surface area (Å²) in [6, 6.07) is 1.18. The van der Waals surface area contributed by atoms with Gasteiger partial charge in [-0.2, -0.15) is 0 Å². The maximum Gasteiger partial charge on any atom is 0.145 e. The summed E-state index contributed by atoms with van der Waals surface area (Å²) in [6.07, 6.45) is 0. The molecular weight excluding hydrogens is 296 g/mol. The van der Waals surface area contributed by atoms with E-state index in [-0.39, 0.29) is 16.6 Å². The maximum atomic E-state index is 13.1. The van der Waals surface area contributed by atoms with Crippen LogP contribution in [0.5, 0.6) is 0 Å². The van der Waals surface area contributed by atoms with E-state index in [0.29, 0.717) is 4.47 Å². The molecule has 0 aromatic heterocycles. The molecule has 1 nitrogen and oxygen atoms in total. The molecule has 2 N–H and O–H groups in total. The molecule has 0 bridgehead atoms. The van der Waals surface area contributed by atoms with E-state index in [9.17, 15) is 8.78 Å². The molecule has 66 valence electrons. The Labute approximate surface area is 85.2 Å². The van der Waals surface area contributed by atoms with Crippen LogP contribution in [0, 0.1) is 11.6 Å². The number of hydrogen-bond acceptors (Lipinski definition) is 1. The molecule has 0 amide bonds. The molecule has 5 heteroatoms. The van der Waals surface area contributed by atoms with Crippen LogP contribution in [-0.4, -0.2) is 0 Å². The highest BCUT2D eigenvalue weighted by Gasteiger charge is 2.13. The van der Waals surface area contributed by atoms with Gasteiger partial charge in [0, 0.05) is 16.6 Å². The molecule has 0 aliphatic rings. The molecule has 0 aliphatic heterocycles. The minimum atomic E-state index is -0.649. The topological polar surface area (TPSA) is 26.0 Å². The molecule has 1 aromatic carbocycles. The summed E-state index contributed by atoms with van der Waals surface area (Å²) >= 11 is 5.95. The predicted molar refractivity (Wildman–Crippen MR) is 49.6 cm³/mol. The molecule has 0 unspecified atom stereocenters. The Hall–Kier alpha value is -0.0000000000000000555.